The molecule has 0 saturated carbocycles. The Balaban J connectivity index is 1.39. The second kappa shape index (κ2) is 11.3. The van der Waals surface area contributed by atoms with Crippen molar-refractivity contribution >= 4 is 27.3 Å². The average Bonchev–Trinajstić information content (AvgIpc) is 3.51. The standard InChI is InChI=1S/C25H23ClF3N7O5S/c26-17-7-5-16(6-8-17)22-33-35(24(39)34(22)10-20(37)25(27,28)29)11-21-31-14-36(32-21)19-4-2-1-3-18(19)23(38)30-9-15-12-42(40,41)13-15/h1-8,14-15,20,37H,9-13H2,(H,30,38)/t20-/m0/s1. The van der Waals surface area contributed by atoms with E-state index < -0.39 is 40.3 Å². The van der Waals surface area contributed by atoms with E-state index in [0.29, 0.717) is 20.8 Å². The Morgan fingerprint density at radius 1 is 1.12 bits per heavy atom. The van der Waals surface area contributed by atoms with Gasteiger partial charge in [-0.2, -0.15) is 13.2 Å². The van der Waals surface area contributed by atoms with Gasteiger partial charge in [-0.05, 0) is 36.4 Å². The van der Waals surface area contributed by atoms with Crippen LogP contribution in [0.15, 0.2) is 59.7 Å². The fourth-order valence-corrected chi connectivity index (χ4v) is 6.10. The maximum atomic E-state index is 13.1. The lowest BCUT2D eigenvalue weighted by molar-refractivity contribution is -0.207. The highest BCUT2D eigenvalue weighted by Crippen LogP contribution is 2.24. The summed E-state index contributed by atoms with van der Waals surface area (Å²) in [5.74, 6) is -0.622. The average molecular weight is 626 g/mol. The summed E-state index contributed by atoms with van der Waals surface area (Å²) in [6, 6.07) is 12.4. The van der Waals surface area contributed by atoms with Crippen molar-refractivity contribution in [3.05, 3.63) is 81.8 Å². The van der Waals surface area contributed by atoms with Gasteiger partial charge in [0.05, 0.1) is 29.3 Å². The number of rotatable bonds is 9. The van der Waals surface area contributed by atoms with Crippen LogP contribution in [0.4, 0.5) is 13.2 Å². The third kappa shape index (κ3) is 6.39. The number of aliphatic hydroxyl groups is 1. The van der Waals surface area contributed by atoms with Crippen LogP contribution >= 0.6 is 11.6 Å². The lowest BCUT2D eigenvalue weighted by atomic mass is 10.1. The maximum absolute atomic E-state index is 13.1. The summed E-state index contributed by atoms with van der Waals surface area (Å²) in [4.78, 5) is 30.1. The zero-order chi connectivity index (χ0) is 30.2. The van der Waals surface area contributed by atoms with E-state index in [0.717, 1.165) is 4.68 Å². The molecule has 5 rings (SSSR count). The number of halogens is 4. The predicted octanol–water partition coefficient (Wildman–Crippen LogP) is 1.69. The van der Waals surface area contributed by atoms with Crippen LogP contribution in [-0.2, 0) is 22.9 Å². The molecule has 0 radical (unpaired) electrons. The molecule has 4 aromatic rings. The molecule has 1 atom stereocenters. The van der Waals surface area contributed by atoms with E-state index in [1.165, 1.54) is 35.3 Å². The van der Waals surface area contributed by atoms with Gasteiger partial charge in [-0.3, -0.25) is 9.36 Å². The smallest absolute Gasteiger partial charge is 0.382 e. The van der Waals surface area contributed by atoms with E-state index in [-0.39, 0.29) is 47.7 Å². The number of alkyl halides is 3. The summed E-state index contributed by atoms with van der Waals surface area (Å²) in [5.41, 5.74) is -0.0494. The highest BCUT2D eigenvalue weighted by molar-refractivity contribution is 7.92. The van der Waals surface area contributed by atoms with E-state index >= 15 is 0 Å². The number of amides is 1. The molecule has 42 heavy (non-hydrogen) atoms. The molecule has 1 saturated heterocycles. The molecular formula is C25H23ClF3N7O5S. The van der Waals surface area contributed by atoms with Gasteiger partial charge in [0.1, 0.15) is 12.9 Å². The summed E-state index contributed by atoms with van der Waals surface area (Å²) in [5, 5.41) is 21.2. The lowest BCUT2D eigenvalue weighted by Crippen LogP contribution is -2.44. The van der Waals surface area contributed by atoms with Crippen LogP contribution in [0.3, 0.4) is 0 Å². The van der Waals surface area contributed by atoms with E-state index in [4.69, 9.17) is 11.6 Å². The third-order valence-corrected chi connectivity index (χ3v) is 8.73. The van der Waals surface area contributed by atoms with Gasteiger partial charge in [0, 0.05) is 23.0 Å². The van der Waals surface area contributed by atoms with Crippen molar-refractivity contribution in [2.75, 3.05) is 18.1 Å². The van der Waals surface area contributed by atoms with Crippen molar-refractivity contribution < 1.29 is 31.5 Å². The monoisotopic (exact) mass is 625 g/mol. The molecule has 222 valence electrons. The van der Waals surface area contributed by atoms with E-state index in [2.05, 4.69) is 20.5 Å². The Morgan fingerprint density at radius 2 is 1.81 bits per heavy atom. The molecular weight excluding hydrogens is 603 g/mol. The molecule has 1 aliphatic rings. The number of aliphatic hydroxyl groups excluding tert-OH is 1. The quantitative estimate of drug-likeness (QED) is 0.285. The van der Waals surface area contributed by atoms with E-state index in [1.54, 1.807) is 24.3 Å². The number of hydrogen-bond donors (Lipinski definition) is 2. The molecule has 3 heterocycles. The van der Waals surface area contributed by atoms with E-state index in [9.17, 15) is 36.3 Å². The molecule has 1 fully saturated rings. The Hall–Kier alpha value is -4.02. The molecule has 2 aromatic carbocycles. The van der Waals surface area contributed by atoms with Gasteiger partial charge in [-0.25, -0.2) is 27.6 Å². The maximum Gasteiger partial charge on any atom is 0.416 e. The number of benzene rings is 2. The molecule has 0 aliphatic carbocycles. The zero-order valence-corrected chi connectivity index (χ0v) is 23.1. The number of nitrogens with zero attached hydrogens (tertiary/aromatic N) is 6. The minimum absolute atomic E-state index is 0.0192. The van der Waals surface area contributed by atoms with Crippen LogP contribution in [0.5, 0.6) is 0 Å². The minimum Gasteiger partial charge on any atom is -0.382 e. The number of sulfone groups is 1. The largest absolute Gasteiger partial charge is 0.416 e. The van der Waals surface area contributed by atoms with Crippen molar-refractivity contribution in [2.45, 2.75) is 25.4 Å². The second-order valence-electron chi connectivity index (χ2n) is 9.71. The lowest BCUT2D eigenvalue weighted by Gasteiger charge is -2.25. The Morgan fingerprint density at radius 3 is 2.48 bits per heavy atom. The summed E-state index contributed by atoms with van der Waals surface area (Å²) < 4.78 is 65.0. The Labute approximate surface area is 241 Å². The summed E-state index contributed by atoms with van der Waals surface area (Å²) >= 11 is 5.91. The molecule has 0 unspecified atom stereocenters. The van der Waals surface area contributed by atoms with Crippen molar-refractivity contribution in [2.24, 2.45) is 5.92 Å². The Kier molecular flexibility index (Phi) is 7.96. The number of para-hydroxylation sites is 1. The van der Waals surface area contributed by atoms with Gasteiger partial charge in [0.2, 0.25) is 0 Å². The highest BCUT2D eigenvalue weighted by atomic mass is 35.5. The summed E-state index contributed by atoms with van der Waals surface area (Å²) in [6.45, 7) is -1.22. The first-order chi connectivity index (χ1) is 19.8. The van der Waals surface area contributed by atoms with Gasteiger partial charge < -0.3 is 10.4 Å². The van der Waals surface area contributed by atoms with Crippen LogP contribution < -0.4 is 11.0 Å². The van der Waals surface area contributed by atoms with Crippen LogP contribution in [0, 0.1) is 5.92 Å². The molecule has 2 aromatic heterocycles. The molecule has 1 amide bonds. The number of aromatic nitrogens is 6. The third-order valence-electron chi connectivity index (χ3n) is 6.52. The molecule has 2 N–H and O–H groups in total. The van der Waals surface area contributed by atoms with Gasteiger partial charge in [0.25, 0.3) is 5.91 Å². The van der Waals surface area contributed by atoms with Crippen LogP contribution in [0.2, 0.25) is 5.02 Å². The Bertz CT molecular complexity index is 1770. The zero-order valence-electron chi connectivity index (χ0n) is 21.6. The summed E-state index contributed by atoms with van der Waals surface area (Å²) in [6.07, 6.45) is -6.48. The first-order valence-electron chi connectivity index (χ1n) is 12.5. The number of hydrogen-bond acceptors (Lipinski definition) is 8. The van der Waals surface area contributed by atoms with Crippen molar-refractivity contribution in [1.29, 1.82) is 0 Å². The fraction of sp³-hybridized carbons (Fsp3) is 0.320. The van der Waals surface area contributed by atoms with E-state index in [1.807, 2.05) is 0 Å². The molecule has 17 heteroatoms. The topological polar surface area (TPSA) is 154 Å². The number of carbonyl (C=O) groups excluding carboxylic acids is 1. The normalized spacial score (nSPS) is 15.7. The summed E-state index contributed by atoms with van der Waals surface area (Å²) in [7, 11) is -3.02. The SMILES string of the molecule is O=C(NCC1CS(=O)(=O)C1)c1ccccc1-n1cnc(Cn2nc(-c3ccc(Cl)cc3)n(C[C@H](O)C(F)(F)F)c2=O)n1. The van der Waals surface area contributed by atoms with Crippen LogP contribution in [0.25, 0.3) is 17.1 Å². The first-order valence-corrected chi connectivity index (χ1v) is 14.7. The van der Waals surface area contributed by atoms with Gasteiger partial charge in [-0.1, -0.05) is 23.7 Å². The molecule has 0 bridgehead atoms. The fourth-order valence-electron chi connectivity index (χ4n) is 4.40. The van der Waals surface area contributed by atoms with Crippen LogP contribution in [0.1, 0.15) is 16.2 Å². The minimum atomic E-state index is -4.96. The molecule has 12 nitrogen and oxygen atoms in total. The number of nitrogens with one attached hydrogen (secondary N) is 1. The first kappa shape index (κ1) is 29.5. The van der Waals surface area contributed by atoms with Crippen molar-refractivity contribution in [3.63, 3.8) is 0 Å². The van der Waals surface area contributed by atoms with Crippen molar-refractivity contribution in [1.82, 2.24) is 34.4 Å². The molecule has 1 aliphatic heterocycles. The predicted molar refractivity (Wildman–Crippen MR) is 144 cm³/mol. The van der Waals surface area contributed by atoms with Gasteiger partial charge in [-0.15, -0.1) is 10.2 Å². The van der Waals surface area contributed by atoms with Crippen molar-refractivity contribution in [3.8, 4) is 17.1 Å². The van der Waals surface area contributed by atoms with Gasteiger partial charge >= 0.3 is 11.9 Å². The molecule has 0 spiro atoms. The highest BCUT2D eigenvalue weighted by Gasteiger charge is 2.39. The van der Waals surface area contributed by atoms with Crippen LogP contribution in [-0.4, -0.2) is 78.9 Å². The van der Waals surface area contributed by atoms with Gasteiger partial charge in [0.15, 0.2) is 27.6 Å². The second-order valence-corrected chi connectivity index (χ2v) is 12.3. The number of carbonyl (C=O) groups is 1.